The van der Waals surface area contributed by atoms with Crippen LogP contribution in [0.15, 0.2) is 12.1 Å². The number of carbonyl (C=O) groups is 1. The van der Waals surface area contributed by atoms with E-state index in [-0.39, 0.29) is 24.8 Å². The van der Waals surface area contributed by atoms with E-state index in [1.54, 1.807) is 11.3 Å². The number of halogens is 3. The van der Waals surface area contributed by atoms with Crippen molar-refractivity contribution in [3.63, 3.8) is 0 Å². The average molecular weight is 433 g/mol. The largest absolute Gasteiger partial charge is 0.340 e. The van der Waals surface area contributed by atoms with Gasteiger partial charge in [0.15, 0.2) is 0 Å². The molecule has 1 aromatic rings. The number of amides is 1. The van der Waals surface area contributed by atoms with Crippen molar-refractivity contribution in [3.05, 3.63) is 21.3 Å². The minimum Gasteiger partial charge on any atom is -0.340 e. The van der Waals surface area contributed by atoms with E-state index < -0.39 is 0 Å². The minimum atomic E-state index is 0. The zero-order valence-electron chi connectivity index (χ0n) is 13.4. The van der Waals surface area contributed by atoms with Crippen molar-refractivity contribution in [2.75, 3.05) is 44.2 Å². The lowest BCUT2D eigenvalue weighted by atomic mass is 10.2. The first-order chi connectivity index (χ1) is 10.7. The normalized spacial score (nSPS) is 21.7. The van der Waals surface area contributed by atoms with Crippen molar-refractivity contribution in [3.8, 4) is 0 Å². The van der Waals surface area contributed by atoms with Gasteiger partial charge in [-0.1, -0.05) is 11.6 Å². The number of nitrogens with zero attached hydrogens (tertiary/aromatic N) is 2. The number of hydrogen-bond acceptors (Lipinski definition) is 5. The molecule has 2 fully saturated rings. The molecule has 0 aromatic carbocycles. The maximum atomic E-state index is 12.4. The summed E-state index contributed by atoms with van der Waals surface area (Å²) >= 11 is 9.56. The Hall–Kier alpha value is 0.310. The molecule has 1 unspecified atom stereocenters. The molecule has 2 aliphatic heterocycles. The Balaban J connectivity index is 0.00000144. The standard InChI is InChI=1S/C15H22ClN3OS2.2ClH/c16-14-2-1-13(22-14)10-18-4-6-19(7-5-18)15(20)9-12-11-21-8-3-17-12;;/h1-2,12,17H,3-11H2;2*1H. The van der Waals surface area contributed by atoms with Crippen LogP contribution in [0.3, 0.4) is 0 Å². The van der Waals surface area contributed by atoms with Crippen LogP contribution in [0.5, 0.6) is 0 Å². The molecule has 138 valence electrons. The van der Waals surface area contributed by atoms with Crippen LogP contribution in [0.1, 0.15) is 11.3 Å². The molecule has 1 amide bonds. The maximum absolute atomic E-state index is 12.4. The Morgan fingerprint density at radius 1 is 1.25 bits per heavy atom. The van der Waals surface area contributed by atoms with Crippen LogP contribution < -0.4 is 5.32 Å². The molecule has 0 radical (unpaired) electrons. The SMILES string of the molecule is Cl.Cl.O=C(CC1CSCCN1)N1CCN(Cc2ccc(Cl)s2)CC1. The number of thioether (sulfide) groups is 1. The second kappa shape index (κ2) is 11.1. The van der Waals surface area contributed by atoms with Gasteiger partial charge in [-0.3, -0.25) is 9.69 Å². The highest BCUT2D eigenvalue weighted by Crippen LogP contribution is 2.23. The lowest BCUT2D eigenvalue weighted by Gasteiger charge is -2.35. The predicted octanol–water partition coefficient (Wildman–Crippen LogP) is 2.98. The van der Waals surface area contributed by atoms with Crippen LogP contribution in [0.4, 0.5) is 0 Å². The van der Waals surface area contributed by atoms with Crippen molar-refractivity contribution in [2.24, 2.45) is 0 Å². The van der Waals surface area contributed by atoms with Gasteiger partial charge >= 0.3 is 0 Å². The molecule has 24 heavy (non-hydrogen) atoms. The first-order valence-corrected chi connectivity index (χ1v) is 10.1. The Morgan fingerprint density at radius 2 is 2.00 bits per heavy atom. The summed E-state index contributed by atoms with van der Waals surface area (Å²) in [7, 11) is 0. The van der Waals surface area contributed by atoms with Gasteiger partial charge in [0.05, 0.1) is 4.34 Å². The molecule has 1 atom stereocenters. The van der Waals surface area contributed by atoms with E-state index in [1.807, 2.05) is 22.7 Å². The third-order valence-corrected chi connectivity index (χ3v) is 6.50. The summed E-state index contributed by atoms with van der Waals surface area (Å²) < 4.78 is 0.849. The Morgan fingerprint density at radius 3 is 2.58 bits per heavy atom. The molecular formula is C15H24Cl3N3OS2. The number of rotatable bonds is 4. The van der Waals surface area contributed by atoms with Gasteiger partial charge < -0.3 is 10.2 Å². The van der Waals surface area contributed by atoms with Gasteiger partial charge in [-0.25, -0.2) is 0 Å². The molecule has 9 heteroatoms. The minimum absolute atomic E-state index is 0. The molecule has 4 nitrogen and oxygen atoms in total. The highest BCUT2D eigenvalue weighted by atomic mass is 35.5. The summed E-state index contributed by atoms with van der Waals surface area (Å²) in [5.74, 6) is 2.53. The quantitative estimate of drug-likeness (QED) is 0.793. The molecule has 0 aliphatic carbocycles. The summed E-state index contributed by atoms with van der Waals surface area (Å²) in [6.45, 7) is 5.57. The van der Waals surface area contributed by atoms with E-state index in [0.717, 1.165) is 55.1 Å². The molecule has 2 aliphatic rings. The molecule has 1 aromatic heterocycles. The van der Waals surface area contributed by atoms with Crippen molar-refractivity contribution in [1.82, 2.24) is 15.1 Å². The summed E-state index contributed by atoms with van der Waals surface area (Å²) in [6.07, 6.45) is 0.646. The molecular weight excluding hydrogens is 409 g/mol. The summed E-state index contributed by atoms with van der Waals surface area (Å²) in [5, 5.41) is 3.44. The van der Waals surface area contributed by atoms with Crippen LogP contribution in [0.25, 0.3) is 0 Å². The molecule has 3 rings (SSSR count). The second-order valence-electron chi connectivity index (χ2n) is 5.79. The van der Waals surface area contributed by atoms with Gasteiger partial charge in [0.25, 0.3) is 0 Å². The number of thiophene rings is 1. The van der Waals surface area contributed by atoms with E-state index in [9.17, 15) is 4.79 Å². The fourth-order valence-corrected chi connectivity index (χ4v) is 4.98. The second-order valence-corrected chi connectivity index (χ2v) is 8.74. The summed E-state index contributed by atoms with van der Waals surface area (Å²) in [6, 6.07) is 4.41. The summed E-state index contributed by atoms with van der Waals surface area (Å²) in [5.41, 5.74) is 0. The van der Waals surface area contributed by atoms with Crippen LogP contribution >= 0.6 is 59.5 Å². The maximum Gasteiger partial charge on any atom is 0.224 e. The van der Waals surface area contributed by atoms with Crippen molar-refractivity contribution in [1.29, 1.82) is 0 Å². The Kier molecular flexibility index (Phi) is 10.4. The van der Waals surface area contributed by atoms with Gasteiger partial charge in [-0.15, -0.1) is 36.2 Å². The monoisotopic (exact) mass is 431 g/mol. The van der Waals surface area contributed by atoms with E-state index >= 15 is 0 Å². The van der Waals surface area contributed by atoms with Crippen molar-refractivity contribution >= 4 is 65.4 Å². The third kappa shape index (κ3) is 6.56. The highest BCUT2D eigenvalue weighted by molar-refractivity contribution is 7.99. The lowest BCUT2D eigenvalue weighted by molar-refractivity contribution is -0.133. The highest BCUT2D eigenvalue weighted by Gasteiger charge is 2.24. The average Bonchev–Trinajstić information content (AvgIpc) is 2.94. The number of hydrogen-bond donors (Lipinski definition) is 1. The molecule has 2 saturated heterocycles. The molecule has 0 spiro atoms. The van der Waals surface area contributed by atoms with Gasteiger partial charge in [0.1, 0.15) is 0 Å². The Bertz CT molecular complexity index is 504. The van der Waals surface area contributed by atoms with Gasteiger partial charge in [-0.05, 0) is 12.1 Å². The van der Waals surface area contributed by atoms with E-state index in [2.05, 4.69) is 16.3 Å². The first kappa shape index (κ1) is 22.4. The topological polar surface area (TPSA) is 35.6 Å². The smallest absolute Gasteiger partial charge is 0.224 e. The van der Waals surface area contributed by atoms with Crippen LogP contribution in [-0.2, 0) is 11.3 Å². The fourth-order valence-electron chi connectivity index (χ4n) is 2.90. The van der Waals surface area contributed by atoms with Crippen molar-refractivity contribution < 1.29 is 4.79 Å². The van der Waals surface area contributed by atoms with E-state index in [4.69, 9.17) is 11.6 Å². The molecule has 3 heterocycles. The summed E-state index contributed by atoms with van der Waals surface area (Å²) in [4.78, 5) is 18.1. The zero-order chi connectivity index (χ0) is 15.4. The lowest BCUT2D eigenvalue weighted by Crippen LogP contribution is -2.50. The van der Waals surface area contributed by atoms with Crippen molar-refractivity contribution in [2.45, 2.75) is 19.0 Å². The van der Waals surface area contributed by atoms with Gasteiger partial charge in [-0.2, -0.15) is 11.8 Å². The molecule has 1 N–H and O–H groups in total. The van der Waals surface area contributed by atoms with E-state index in [0.29, 0.717) is 18.4 Å². The zero-order valence-corrected chi connectivity index (χ0v) is 17.4. The van der Waals surface area contributed by atoms with Gasteiger partial charge in [0, 0.05) is 68.1 Å². The molecule has 0 saturated carbocycles. The van der Waals surface area contributed by atoms with Crippen LogP contribution in [0.2, 0.25) is 4.34 Å². The first-order valence-electron chi connectivity index (χ1n) is 7.76. The third-order valence-electron chi connectivity index (χ3n) is 4.15. The number of carbonyl (C=O) groups excluding carboxylic acids is 1. The van der Waals surface area contributed by atoms with Crippen LogP contribution in [-0.4, -0.2) is 66.0 Å². The molecule has 0 bridgehead atoms. The Labute approximate surface area is 169 Å². The van der Waals surface area contributed by atoms with Crippen LogP contribution in [0, 0.1) is 0 Å². The number of nitrogens with one attached hydrogen (secondary N) is 1. The van der Waals surface area contributed by atoms with E-state index in [1.165, 1.54) is 4.88 Å². The predicted molar refractivity (Wildman–Crippen MR) is 109 cm³/mol. The number of piperazine rings is 1. The fraction of sp³-hybridized carbons (Fsp3) is 0.667. The van der Waals surface area contributed by atoms with Gasteiger partial charge in [0.2, 0.25) is 5.91 Å².